The van der Waals surface area contributed by atoms with Crippen LogP contribution >= 0.6 is 27.3 Å². The zero-order valence-corrected chi connectivity index (χ0v) is 14.2. The summed E-state index contributed by atoms with van der Waals surface area (Å²) in [6.45, 7) is 0. The first-order valence-electron chi connectivity index (χ1n) is 6.83. The van der Waals surface area contributed by atoms with Crippen LogP contribution in [0.3, 0.4) is 0 Å². The lowest BCUT2D eigenvalue weighted by molar-refractivity contribution is 0.970. The SMILES string of the molecule is Cn1cc(-c2nc(-c3cccnc3)cs2)c2cc(Br)ccc21. The molecule has 108 valence electrons. The zero-order valence-electron chi connectivity index (χ0n) is 11.8. The lowest BCUT2D eigenvalue weighted by Gasteiger charge is -1.97. The molecule has 0 radical (unpaired) electrons. The van der Waals surface area contributed by atoms with Crippen molar-refractivity contribution in [2.75, 3.05) is 0 Å². The van der Waals surface area contributed by atoms with E-state index in [0.29, 0.717) is 0 Å². The van der Waals surface area contributed by atoms with Gasteiger partial charge in [0.25, 0.3) is 0 Å². The van der Waals surface area contributed by atoms with Gasteiger partial charge in [-0.2, -0.15) is 0 Å². The van der Waals surface area contributed by atoms with E-state index in [1.807, 2.05) is 18.3 Å². The third kappa shape index (κ3) is 2.26. The van der Waals surface area contributed by atoms with Crippen LogP contribution in [-0.2, 0) is 7.05 Å². The van der Waals surface area contributed by atoms with E-state index in [0.717, 1.165) is 20.7 Å². The van der Waals surface area contributed by atoms with Crippen LogP contribution in [0, 0.1) is 0 Å². The van der Waals surface area contributed by atoms with Crippen molar-refractivity contribution in [3.8, 4) is 21.8 Å². The van der Waals surface area contributed by atoms with Gasteiger partial charge in [0.15, 0.2) is 0 Å². The van der Waals surface area contributed by atoms with Gasteiger partial charge in [0.2, 0.25) is 0 Å². The number of pyridine rings is 1. The molecule has 4 rings (SSSR count). The van der Waals surface area contributed by atoms with Crippen molar-refractivity contribution in [2.45, 2.75) is 0 Å². The van der Waals surface area contributed by atoms with Crippen molar-refractivity contribution >= 4 is 38.2 Å². The van der Waals surface area contributed by atoms with Gasteiger partial charge in [0, 0.05) is 57.5 Å². The van der Waals surface area contributed by atoms with E-state index in [-0.39, 0.29) is 0 Å². The Kier molecular flexibility index (Phi) is 3.32. The normalized spacial score (nSPS) is 11.2. The molecule has 0 unspecified atom stereocenters. The molecule has 0 saturated heterocycles. The lowest BCUT2D eigenvalue weighted by Crippen LogP contribution is -1.82. The van der Waals surface area contributed by atoms with Gasteiger partial charge < -0.3 is 4.57 Å². The van der Waals surface area contributed by atoms with Gasteiger partial charge >= 0.3 is 0 Å². The van der Waals surface area contributed by atoms with Crippen molar-refractivity contribution in [3.05, 3.63) is 58.8 Å². The number of benzene rings is 1. The summed E-state index contributed by atoms with van der Waals surface area (Å²) in [4.78, 5) is 8.96. The second-order valence-electron chi connectivity index (χ2n) is 5.09. The molecule has 4 aromatic rings. The summed E-state index contributed by atoms with van der Waals surface area (Å²) in [5, 5.41) is 4.33. The maximum Gasteiger partial charge on any atom is 0.126 e. The summed E-state index contributed by atoms with van der Waals surface area (Å²) in [5.41, 5.74) is 4.39. The first-order valence-corrected chi connectivity index (χ1v) is 8.50. The van der Waals surface area contributed by atoms with Crippen molar-refractivity contribution in [1.82, 2.24) is 14.5 Å². The molecule has 3 heterocycles. The maximum absolute atomic E-state index is 4.79. The number of nitrogens with zero attached hydrogens (tertiary/aromatic N) is 3. The Morgan fingerprint density at radius 2 is 2.14 bits per heavy atom. The molecule has 0 aliphatic heterocycles. The Morgan fingerprint density at radius 3 is 2.95 bits per heavy atom. The van der Waals surface area contributed by atoms with Gasteiger partial charge in [-0.15, -0.1) is 11.3 Å². The summed E-state index contributed by atoms with van der Waals surface area (Å²) >= 11 is 5.22. The molecule has 0 aliphatic rings. The number of halogens is 1. The number of fused-ring (bicyclic) bond motifs is 1. The molecular formula is C17H12BrN3S. The highest BCUT2D eigenvalue weighted by molar-refractivity contribution is 9.10. The quantitative estimate of drug-likeness (QED) is 0.490. The molecule has 0 bridgehead atoms. The smallest absolute Gasteiger partial charge is 0.126 e. The molecule has 0 amide bonds. The van der Waals surface area contributed by atoms with E-state index in [9.17, 15) is 0 Å². The highest BCUT2D eigenvalue weighted by atomic mass is 79.9. The third-order valence-electron chi connectivity index (χ3n) is 3.64. The summed E-state index contributed by atoms with van der Waals surface area (Å²) in [7, 11) is 2.06. The fraction of sp³-hybridized carbons (Fsp3) is 0.0588. The van der Waals surface area contributed by atoms with Crippen LogP contribution < -0.4 is 0 Å². The summed E-state index contributed by atoms with van der Waals surface area (Å²) in [5.74, 6) is 0. The Balaban J connectivity index is 1.86. The van der Waals surface area contributed by atoms with Crippen molar-refractivity contribution in [1.29, 1.82) is 0 Å². The molecule has 22 heavy (non-hydrogen) atoms. The molecule has 3 nitrogen and oxygen atoms in total. The monoisotopic (exact) mass is 369 g/mol. The second kappa shape index (κ2) is 5.34. The largest absolute Gasteiger partial charge is 0.350 e. The number of rotatable bonds is 2. The van der Waals surface area contributed by atoms with Crippen LogP contribution in [0.25, 0.3) is 32.7 Å². The standard InChI is InChI=1S/C17H12BrN3S/c1-21-9-14(13-7-12(18)4-5-16(13)21)17-20-15(10-22-17)11-3-2-6-19-8-11/h2-10H,1H3. The zero-order chi connectivity index (χ0) is 15.1. The highest BCUT2D eigenvalue weighted by Crippen LogP contribution is 2.35. The molecule has 3 aromatic heterocycles. The minimum Gasteiger partial charge on any atom is -0.350 e. The number of hydrogen-bond donors (Lipinski definition) is 0. The Labute approximate surface area is 140 Å². The molecule has 0 saturated carbocycles. The van der Waals surface area contributed by atoms with Crippen LogP contribution in [0.5, 0.6) is 0 Å². The van der Waals surface area contributed by atoms with Crippen LogP contribution in [0.2, 0.25) is 0 Å². The predicted molar refractivity (Wildman–Crippen MR) is 95.0 cm³/mol. The van der Waals surface area contributed by atoms with E-state index in [1.54, 1.807) is 17.5 Å². The van der Waals surface area contributed by atoms with E-state index in [2.05, 4.69) is 62.3 Å². The molecule has 5 heteroatoms. The van der Waals surface area contributed by atoms with Gasteiger partial charge in [-0.3, -0.25) is 4.98 Å². The van der Waals surface area contributed by atoms with Crippen LogP contribution in [0.4, 0.5) is 0 Å². The molecule has 0 N–H and O–H groups in total. The number of aryl methyl sites for hydroxylation is 1. The average Bonchev–Trinajstić information content (AvgIpc) is 3.13. The number of aromatic nitrogens is 3. The first kappa shape index (κ1) is 13.7. The first-order chi connectivity index (χ1) is 10.7. The fourth-order valence-corrected chi connectivity index (χ4v) is 3.79. The van der Waals surface area contributed by atoms with E-state index < -0.39 is 0 Å². The maximum atomic E-state index is 4.79. The lowest BCUT2D eigenvalue weighted by atomic mass is 10.2. The molecule has 0 spiro atoms. The fourth-order valence-electron chi connectivity index (χ4n) is 2.58. The molecule has 0 aliphatic carbocycles. The topological polar surface area (TPSA) is 30.7 Å². The predicted octanol–water partition coefficient (Wildman–Crippen LogP) is 5.13. The van der Waals surface area contributed by atoms with Gasteiger partial charge in [-0.25, -0.2) is 4.98 Å². The van der Waals surface area contributed by atoms with Crippen molar-refractivity contribution < 1.29 is 0 Å². The highest BCUT2D eigenvalue weighted by Gasteiger charge is 2.13. The summed E-state index contributed by atoms with van der Waals surface area (Å²) in [6, 6.07) is 10.3. The van der Waals surface area contributed by atoms with Crippen LogP contribution in [0.1, 0.15) is 0 Å². The second-order valence-corrected chi connectivity index (χ2v) is 6.87. The minimum atomic E-state index is 0.972. The number of hydrogen-bond acceptors (Lipinski definition) is 3. The van der Waals surface area contributed by atoms with E-state index in [1.165, 1.54) is 16.5 Å². The van der Waals surface area contributed by atoms with E-state index in [4.69, 9.17) is 4.98 Å². The van der Waals surface area contributed by atoms with Crippen molar-refractivity contribution in [3.63, 3.8) is 0 Å². The van der Waals surface area contributed by atoms with Gasteiger partial charge in [0.1, 0.15) is 5.01 Å². The number of thiazole rings is 1. The van der Waals surface area contributed by atoms with Gasteiger partial charge in [-0.05, 0) is 30.3 Å². The van der Waals surface area contributed by atoms with Crippen molar-refractivity contribution in [2.24, 2.45) is 7.05 Å². The molecular weight excluding hydrogens is 358 g/mol. The van der Waals surface area contributed by atoms with Gasteiger partial charge in [-0.1, -0.05) is 15.9 Å². The Morgan fingerprint density at radius 1 is 1.23 bits per heavy atom. The Hall–Kier alpha value is -1.98. The average molecular weight is 370 g/mol. The minimum absolute atomic E-state index is 0.972. The summed E-state index contributed by atoms with van der Waals surface area (Å²) in [6.07, 6.45) is 5.76. The Bertz CT molecular complexity index is 957. The van der Waals surface area contributed by atoms with Crippen LogP contribution in [0.15, 0.2) is 58.8 Å². The molecule has 0 atom stereocenters. The van der Waals surface area contributed by atoms with Gasteiger partial charge in [0.05, 0.1) is 5.69 Å². The van der Waals surface area contributed by atoms with E-state index >= 15 is 0 Å². The summed E-state index contributed by atoms with van der Waals surface area (Å²) < 4.78 is 3.22. The third-order valence-corrected chi connectivity index (χ3v) is 5.01. The van der Waals surface area contributed by atoms with Crippen LogP contribution in [-0.4, -0.2) is 14.5 Å². The molecule has 1 aromatic carbocycles. The molecule has 0 fully saturated rings.